The van der Waals surface area contributed by atoms with E-state index in [1.807, 2.05) is 20.8 Å². The summed E-state index contributed by atoms with van der Waals surface area (Å²) in [4.78, 5) is 35.4. The molecule has 3 unspecified atom stereocenters. The molecular formula is C16H27N2O8P. The lowest BCUT2D eigenvalue weighted by molar-refractivity contribution is -0.120. The Morgan fingerprint density at radius 1 is 1.30 bits per heavy atom. The van der Waals surface area contributed by atoms with Gasteiger partial charge in [-0.1, -0.05) is 0 Å². The van der Waals surface area contributed by atoms with Crippen molar-refractivity contribution in [2.75, 3.05) is 20.4 Å². The molecule has 0 aliphatic carbocycles. The molecule has 154 valence electrons. The number of hydrogen-bond donors (Lipinski definition) is 2. The molecule has 11 heteroatoms. The van der Waals surface area contributed by atoms with E-state index in [2.05, 4.69) is 9.51 Å². The largest absolute Gasteiger partial charge is 0.374 e. The van der Waals surface area contributed by atoms with Gasteiger partial charge in [0.1, 0.15) is 12.2 Å². The zero-order valence-corrected chi connectivity index (χ0v) is 17.0. The van der Waals surface area contributed by atoms with Crippen molar-refractivity contribution in [3.63, 3.8) is 0 Å². The van der Waals surface area contributed by atoms with E-state index in [-0.39, 0.29) is 12.6 Å². The summed E-state index contributed by atoms with van der Waals surface area (Å²) in [5, 5.41) is 0. The highest BCUT2D eigenvalue weighted by atomic mass is 31.2. The van der Waals surface area contributed by atoms with Gasteiger partial charge in [-0.25, -0.2) is 4.79 Å². The van der Waals surface area contributed by atoms with Crippen LogP contribution in [0.2, 0.25) is 0 Å². The van der Waals surface area contributed by atoms with Gasteiger partial charge in [0, 0.05) is 26.5 Å². The van der Waals surface area contributed by atoms with Crippen LogP contribution in [0.3, 0.4) is 0 Å². The van der Waals surface area contributed by atoms with E-state index < -0.39 is 49.0 Å². The van der Waals surface area contributed by atoms with Crippen molar-refractivity contribution in [2.45, 2.75) is 57.3 Å². The number of H-pyrrole nitrogens is 1. The maximum Gasteiger partial charge on any atom is 0.330 e. The number of hydrogen-bond acceptors (Lipinski definition) is 7. The van der Waals surface area contributed by atoms with Crippen LogP contribution in [0.4, 0.5) is 0 Å². The highest BCUT2D eigenvalue weighted by Crippen LogP contribution is 2.44. The summed E-state index contributed by atoms with van der Waals surface area (Å²) in [6, 6.07) is 1.21. The fourth-order valence-corrected chi connectivity index (χ4v) is 3.74. The smallest absolute Gasteiger partial charge is 0.330 e. The van der Waals surface area contributed by atoms with Crippen molar-refractivity contribution >= 4 is 7.60 Å². The van der Waals surface area contributed by atoms with E-state index in [0.29, 0.717) is 0 Å². The van der Waals surface area contributed by atoms with Gasteiger partial charge in [0.15, 0.2) is 6.23 Å². The van der Waals surface area contributed by atoms with Gasteiger partial charge in [-0.3, -0.25) is 18.9 Å². The number of rotatable bonds is 7. The molecule has 1 aliphatic rings. The molecule has 2 N–H and O–H groups in total. The summed E-state index contributed by atoms with van der Waals surface area (Å²) in [5.74, 6) is 0. The third kappa shape index (κ3) is 5.60. The maximum absolute atomic E-state index is 12.2. The van der Waals surface area contributed by atoms with Crippen LogP contribution in [0.1, 0.15) is 33.4 Å². The molecule has 27 heavy (non-hydrogen) atoms. The van der Waals surface area contributed by atoms with Gasteiger partial charge >= 0.3 is 13.3 Å². The molecule has 1 aromatic rings. The highest BCUT2D eigenvalue weighted by molar-refractivity contribution is 7.52. The SMILES string of the molecule is COC1C(OC(C)(C)C)[C@@H](CCP(=O)(O)OC)O[C@H]1n1ccc(=O)[nH]c1=O. The second-order valence-electron chi connectivity index (χ2n) is 7.31. The summed E-state index contributed by atoms with van der Waals surface area (Å²) in [7, 11) is -1.10. The molecule has 0 aromatic carbocycles. The lowest BCUT2D eigenvalue weighted by Gasteiger charge is -2.31. The normalized spacial score (nSPS) is 28.2. The average Bonchev–Trinajstić information content (AvgIpc) is 2.88. The number of methoxy groups -OCH3 is 1. The zero-order chi connectivity index (χ0) is 20.4. The van der Waals surface area contributed by atoms with E-state index in [1.165, 1.54) is 31.0 Å². The van der Waals surface area contributed by atoms with Crippen molar-refractivity contribution in [3.8, 4) is 0 Å². The van der Waals surface area contributed by atoms with Gasteiger partial charge in [-0.05, 0) is 27.2 Å². The first kappa shape index (κ1) is 22.0. The summed E-state index contributed by atoms with van der Waals surface area (Å²) in [6.45, 7) is 5.59. The van der Waals surface area contributed by atoms with Crippen LogP contribution in [0.15, 0.2) is 21.9 Å². The summed E-state index contributed by atoms with van der Waals surface area (Å²) in [6.07, 6.45) is -1.40. The van der Waals surface area contributed by atoms with Crippen molar-refractivity contribution in [3.05, 3.63) is 33.1 Å². The third-order valence-corrected chi connectivity index (χ3v) is 5.55. The first-order valence-corrected chi connectivity index (χ1v) is 10.3. The van der Waals surface area contributed by atoms with E-state index in [4.69, 9.17) is 14.2 Å². The van der Waals surface area contributed by atoms with Crippen LogP contribution in [0.25, 0.3) is 0 Å². The Hall–Kier alpha value is -1.29. The number of aromatic amines is 1. The number of nitrogens with zero attached hydrogens (tertiary/aromatic N) is 1. The molecule has 10 nitrogen and oxygen atoms in total. The fraction of sp³-hybridized carbons (Fsp3) is 0.750. The number of nitrogens with one attached hydrogen (secondary N) is 1. The Balaban J connectivity index is 2.35. The van der Waals surface area contributed by atoms with Crippen molar-refractivity contribution in [1.29, 1.82) is 0 Å². The molecule has 0 spiro atoms. The minimum absolute atomic E-state index is 0.137. The van der Waals surface area contributed by atoms with Gasteiger partial charge in [0.05, 0.1) is 17.9 Å². The van der Waals surface area contributed by atoms with Crippen molar-refractivity contribution in [1.82, 2.24) is 9.55 Å². The Labute approximate surface area is 156 Å². The minimum atomic E-state index is -3.73. The van der Waals surface area contributed by atoms with Gasteiger partial charge in [-0.15, -0.1) is 0 Å². The van der Waals surface area contributed by atoms with Crippen LogP contribution < -0.4 is 11.2 Å². The zero-order valence-electron chi connectivity index (χ0n) is 16.1. The van der Waals surface area contributed by atoms with E-state index in [9.17, 15) is 19.0 Å². The monoisotopic (exact) mass is 406 g/mol. The lowest BCUT2D eigenvalue weighted by atomic mass is 10.1. The topological polar surface area (TPSA) is 129 Å². The van der Waals surface area contributed by atoms with Gasteiger partial charge < -0.3 is 23.6 Å². The lowest BCUT2D eigenvalue weighted by Crippen LogP contribution is -2.43. The average molecular weight is 406 g/mol. The number of ether oxygens (including phenoxy) is 3. The van der Waals surface area contributed by atoms with Crippen LogP contribution >= 0.6 is 7.60 Å². The molecule has 2 rings (SSSR count). The molecule has 0 saturated carbocycles. The molecule has 1 aromatic heterocycles. The van der Waals surface area contributed by atoms with Gasteiger partial charge in [0.25, 0.3) is 5.56 Å². The second-order valence-corrected chi connectivity index (χ2v) is 9.40. The molecule has 0 bridgehead atoms. The Bertz CT molecular complexity index is 799. The van der Waals surface area contributed by atoms with Crippen LogP contribution in [-0.2, 0) is 23.3 Å². The highest BCUT2D eigenvalue weighted by Gasteiger charge is 2.48. The molecule has 1 fully saturated rings. The summed E-state index contributed by atoms with van der Waals surface area (Å²) >= 11 is 0. The molecule has 0 radical (unpaired) electrons. The maximum atomic E-state index is 12.2. The second kappa shape index (κ2) is 8.38. The van der Waals surface area contributed by atoms with Crippen molar-refractivity contribution < 1.29 is 28.2 Å². The summed E-state index contributed by atoms with van der Waals surface area (Å²) in [5.41, 5.74) is -1.71. The predicted octanol–water partition coefficient (Wildman–Crippen LogP) is 0.855. The van der Waals surface area contributed by atoms with Crippen LogP contribution in [0, 0.1) is 0 Å². The molecule has 5 atom stereocenters. The molecular weight excluding hydrogens is 379 g/mol. The first-order valence-electron chi connectivity index (χ1n) is 8.52. The van der Waals surface area contributed by atoms with E-state index >= 15 is 0 Å². The predicted molar refractivity (Wildman–Crippen MR) is 97.0 cm³/mol. The quantitative estimate of drug-likeness (QED) is 0.638. The van der Waals surface area contributed by atoms with E-state index in [0.717, 1.165) is 0 Å². The number of aromatic nitrogens is 2. The van der Waals surface area contributed by atoms with Crippen LogP contribution in [-0.4, -0.2) is 58.7 Å². The Morgan fingerprint density at radius 2 is 1.96 bits per heavy atom. The summed E-state index contributed by atoms with van der Waals surface area (Å²) < 4.78 is 35.3. The van der Waals surface area contributed by atoms with Crippen molar-refractivity contribution in [2.24, 2.45) is 0 Å². The molecule has 1 saturated heterocycles. The molecule has 0 amide bonds. The third-order valence-electron chi connectivity index (χ3n) is 4.15. The Kier molecular flexibility index (Phi) is 6.83. The van der Waals surface area contributed by atoms with Crippen LogP contribution in [0.5, 0.6) is 0 Å². The standard InChI is InChI=1S/C16H27N2O8P/c1-16(2,3)26-12-10(7-9-27(21,22)24-5)25-14(13(12)23-4)18-8-6-11(19)17-15(18)20/h6,8,10,12-14H,7,9H2,1-5H3,(H,21,22)(H,17,19,20)/t10-,12?,13?,14-/m1/s1. The van der Waals surface area contributed by atoms with Gasteiger partial charge in [0.2, 0.25) is 0 Å². The fourth-order valence-electron chi connectivity index (χ4n) is 2.98. The van der Waals surface area contributed by atoms with E-state index in [1.54, 1.807) is 0 Å². The Morgan fingerprint density at radius 3 is 2.48 bits per heavy atom. The molecule has 2 heterocycles. The molecule has 1 aliphatic heterocycles. The first-order chi connectivity index (χ1) is 12.5. The minimum Gasteiger partial charge on any atom is -0.374 e. The van der Waals surface area contributed by atoms with Gasteiger partial charge in [-0.2, -0.15) is 0 Å².